The zero-order valence-electron chi connectivity index (χ0n) is 10.2. The molecule has 0 unspecified atom stereocenters. The van der Waals surface area contributed by atoms with Crippen LogP contribution in [0.1, 0.15) is 27.2 Å². The maximum atomic E-state index is 11.6. The second-order valence-electron chi connectivity index (χ2n) is 4.60. The molecule has 0 aromatic carbocycles. The highest BCUT2D eigenvalue weighted by Gasteiger charge is 2.20. The first-order chi connectivity index (χ1) is 7.85. The van der Waals surface area contributed by atoms with Crippen molar-refractivity contribution in [2.45, 2.75) is 38.9 Å². The van der Waals surface area contributed by atoms with Crippen molar-refractivity contribution in [1.82, 2.24) is 14.8 Å². The molecule has 0 spiro atoms. The van der Waals surface area contributed by atoms with Crippen molar-refractivity contribution in [2.24, 2.45) is 5.41 Å². The molecule has 0 aliphatic heterocycles. The van der Waals surface area contributed by atoms with Crippen molar-refractivity contribution < 1.29 is 9.90 Å². The molecule has 0 saturated heterocycles. The van der Waals surface area contributed by atoms with Crippen molar-refractivity contribution >= 4 is 17.7 Å². The van der Waals surface area contributed by atoms with Crippen LogP contribution in [0.15, 0.2) is 9.95 Å². The molecule has 6 nitrogen and oxygen atoms in total. The molecule has 0 fully saturated rings. The summed E-state index contributed by atoms with van der Waals surface area (Å²) in [5.74, 6) is -1.02. The first-order valence-electron chi connectivity index (χ1n) is 5.35. The van der Waals surface area contributed by atoms with Gasteiger partial charge in [0.25, 0.3) is 0 Å². The predicted octanol–water partition coefficient (Wildman–Crippen LogP) is 1.18. The number of nitrogens with one attached hydrogen (secondary N) is 1. The standard InChI is InChI=1S/C10H17N3O3S/c1-4-10(2,3)6-13-8(16)11-12-9(13)17-5-7(14)15/h4-6H2,1-3H3,(H,11,16)(H,14,15). The van der Waals surface area contributed by atoms with Gasteiger partial charge in [-0.1, -0.05) is 32.5 Å². The molecule has 96 valence electrons. The highest BCUT2D eigenvalue weighted by atomic mass is 32.2. The number of thioether (sulfide) groups is 1. The Bertz CT molecular complexity index is 450. The molecule has 0 atom stereocenters. The van der Waals surface area contributed by atoms with Gasteiger partial charge in [0.05, 0.1) is 5.75 Å². The second-order valence-corrected chi connectivity index (χ2v) is 5.54. The Morgan fingerprint density at radius 3 is 2.76 bits per heavy atom. The van der Waals surface area contributed by atoms with E-state index < -0.39 is 5.97 Å². The van der Waals surface area contributed by atoms with Gasteiger partial charge in [0, 0.05) is 6.54 Å². The fourth-order valence-corrected chi connectivity index (χ4v) is 1.89. The van der Waals surface area contributed by atoms with E-state index >= 15 is 0 Å². The first-order valence-corrected chi connectivity index (χ1v) is 6.34. The quantitative estimate of drug-likeness (QED) is 0.749. The van der Waals surface area contributed by atoms with Crippen molar-refractivity contribution in [3.63, 3.8) is 0 Å². The summed E-state index contributed by atoms with van der Waals surface area (Å²) >= 11 is 1.05. The predicted molar refractivity (Wildman–Crippen MR) is 65.3 cm³/mol. The van der Waals surface area contributed by atoms with E-state index in [1.54, 1.807) is 0 Å². The van der Waals surface area contributed by atoms with E-state index in [4.69, 9.17) is 5.11 Å². The van der Waals surface area contributed by atoms with E-state index in [0.717, 1.165) is 18.2 Å². The molecular formula is C10H17N3O3S. The number of carboxylic acid groups (broad SMARTS) is 1. The molecular weight excluding hydrogens is 242 g/mol. The van der Waals surface area contributed by atoms with Crippen LogP contribution in [0.25, 0.3) is 0 Å². The number of rotatable bonds is 6. The van der Waals surface area contributed by atoms with Gasteiger partial charge in [0.1, 0.15) is 0 Å². The molecule has 7 heteroatoms. The average molecular weight is 259 g/mol. The lowest BCUT2D eigenvalue weighted by Gasteiger charge is -2.22. The first kappa shape index (κ1) is 13.8. The topological polar surface area (TPSA) is 88.0 Å². The third kappa shape index (κ3) is 3.92. The van der Waals surface area contributed by atoms with Crippen LogP contribution in [0.3, 0.4) is 0 Å². The number of hydrogen-bond donors (Lipinski definition) is 2. The molecule has 0 aliphatic rings. The normalized spacial score (nSPS) is 11.7. The van der Waals surface area contributed by atoms with E-state index in [1.807, 2.05) is 0 Å². The molecule has 1 aromatic rings. The van der Waals surface area contributed by atoms with Gasteiger partial charge in [-0.15, -0.1) is 5.10 Å². The van der Waals surface area contributed by atoms with Crippen LogP contribution >= 0.6 is 11.8 Å². The second kappa shape index (κ2) is 5.39. The number of aromatic nitrogens is 3. The summed E-state index contributed by atoms with van der Waals surface area (Å²) in [6.07, 6.45) is 0.924. The number of hydrogen-bond acceptors (Lipinski definition) is 4. The van der Waals surface area contributed by atoms with Gasteiger partial charge in [0.15, 0.2) is 5.16 Å². The van der Waals surface area contributed by atoms with Crippen molar-refractivity contribution in [1.29, 1.82) is 0 Å². The van der Waals surface area contributed by atoms with Crippen LogP contribution in [-0.2, 0) is 11.3 Å². The minimum atomic E-state index is -0.924. The Labute approximate surface area is 103 Å². The Morgan fingerprint density at radius 2 is 2.24 bits per heavy atom. The number of H-pyrrole nitrogens is 1. The van der Waals surface area contributed by atoms with Crippen LogP contribution in [-0.4, -0.2) is 31.6 Å². The molecule has 0 aliphatic carbocycles. The summed E-state index contributed by atoms with van der Waals surface area (Å²) in [5, 5.41) is 15.2. The molecule has 0 saturated carbocycles. The molecule has 1 heterocycles. The number of carbonyl (C=O) groups is 1. The molecule has 0 radical (unpaired) electrons. The van der Waals surface area contributed by atoms with Crippen molar-refractivity contribution in [3.8, 4) is 0 Å². The Hall–Kier alpha value is -1.24. The lowest BCUT2D eigenvalue weighted by molar-refractivity contribution is -0.133. The Balaban J connectivity index is 2.87. The maximum absolute atomic E-state index is 11.6. The van der Waals surface area contributed by atoms with Crippen LogP contribution in [0.4, 0.5) is 0 Å². The number of nitrogens with zero attached hydrogens (tertiary/aromatic N) is 2. The Kier molecular flexibility index (Phi) is 4.39. The Morgan fingerprint density at radius 1 is 1.59 bits per heavy atom. The van der Waals surface area contributed by atoms with E-state index in [1.165, 1.54) is 4.57 Å². The van der Waals surface area contributed by atoms with Gasteiger partial charge in [-0.3, -0.25) is 9.36 Å². The van der Waals surface area contributed by atoms with E-state index in [-0.39, 0.29) is 16.9 Å². The van der Waals surface area contributed by atoms with Crippen LogP contribution in [0.5, 0.6) is 0 Å². The van der Waals surface area contributed by atoms with Crippen LogP contribution < -0.4 is 5.69 Å². The van der Waals surface area contributed by atoms with Crippen LogP contribution in [0, 0.1) is 5.41 Å². The van der Waals surface area contributed by atoms with Gasteiger partial charge in [0.2, 0.25) is 0 Å². The zero-order chi connectivity index (χ0) is 13.1. The van der Waals surface area contributed by atoms with Gasteiger partial charge in [-0.05, 0) is 11.8 Å². The van der Waals surface area contributed by atoms with Gasteiger partial charge < -0.3 is 5.11 Å². The van der Waals surface area contributed by atoms with E-state index in [0.29, 0.717) is 11.7 Å². The van der Waals surface area contributed by atoms with Crippen LogP contribution in [0.2, 0.25) is 0 Å². The SMILES string of the molecule is CCC(C)(C)Cn1c(SCC(=O)O)n[nH]c1=O. The van der Waals surface area contributed by atoms with Gasteiger partial charge in [-0.2, -0.15) is 0 Å². The summed E-state index contributed by atoms with van der Waals surface area (Å²) in [6.45, 7) is 6.69. The summed E-state index contributed by atoms with van der Waals surface area (Å²) in [5.41, 5.74) is -0.314. The smallest absolute Gasteiger partial charge is 0.343 e. The monoisotopic (exact) mass is 259 g/mol. The van der Waals surface area contributed by atoms with Gasteiger partial charge in [-0.25, -0.2) is 9.89 Å². The lowest BCUT2D eigenvalue weighted by Crippen LogP contribution is -2.27. The number of aliphatic carboxylic acids is 1. The fourth-order valence-electron chi connectivity index (χ4n) is 1.22. The van der Waals surface area contributed by atoms with E-state index in [2.05, 4.69) is 31.0 Å². The maximum Gasteiger partial charge on any atom is 0.343 e. The highest BCUT2D eigenvalue weighted by Crippen LogP contribution is 2.24. The highest BCUT2D eigenvalue weighted by molar-refractivity contribution is 7.99. The zero-order valence-corrected chi connectivity index (χ0v) is 11.0. The summed E-state index contributed by atoms with van der Waals surface area (Å²) < 4.78 is 1.50. The largest absolute Gasteiger partial charge is 0.481 e. The summed E-state index contributed by atoms with van der Waals surface area (Å²) in [7, 11) is 0. The molecule has 1 aromatic heterocycles. The number of aromatic amines is 1. The number of carboxylic acids is 1. The third-order valence-corrected chi connectivity index (χ3v) is 3.55. The lowest BCUT2D eigenvalue weighted by atomic mass is 9.90. The minimum Gasteiger partial charge on any atom is -0.481 e. The molecule has 1 rings (SSSR count). The van der Waals surface area contributed by atoms with E-state index in [9.17, 15) is 9.59 Å². The minimum absolute atomic E-state index is 0.0216. The molecule has 17 heavy (non-hydrogen) atoms. The summed E-state index contributed by atoms with van der Waals surface area (Å²) in [4.78, 5) is 22.0. The third-order valence-electron chi connectivity index (χ3n) is 2.59. The molecule has 2 N–H and O–H groups in total. The van der Waals surface area contributed by atoms with Crippen molar-refractivity contribution in [2.75, 3.05) is 5.75 Å². The summed E-state index contributed by atoms with van der Waals surface area (Å²) in [6, 6.07) is 0. The average Bonchev–Trinajstić information content (AvgIpc) is 2.57. The van der Waals surface area contributed by atoms with Gasteiger partial charge >= 0.3 is 11.7 Å². The molecule has 0 bridgehead atoms. The van der Waals surface area contributed by atoms with Crippen molar-refractivity contribution in [3.05, 3.63) is 10.5 Å². The molecule has 0 amide bonds. The fraction of sp³-hybridized carbons (Fsp3) is 0.700.